The molecular formula is C16H16ClN3O3. The zero-order valence-corrected chi connectivity index (χ0v) is 13.2. The van der Waals surface area contributed by atoms with Crippen LogP contribution in [0.3, 0.4) is 0 Å². The highest BCUT2D eigenvalue weighted by atomic mass is 35.5. The highest BCUT2D eigenvalue weighted by Gasteiger charge is 2.23. The molecule has 0 unspecified atom stereocenters. The predicted octanol–water partition coefficient (Wildman–Crippen LogP) is 2.49. The molecule has 0 atom stereocenters. The molecule has 23 heavy (non-hydrogen) atoms. The van der Waals surface area contributed by atoms with Gasteiger partial charge in [0, 0.05) is 13.1 Å². The standard InChI is InChI=1S/C16H16ClN3O3/c17-15-14(16(22)20-7-3-1-2-6-19(15)20)10-4-5-12-11(8-10)18-13(21)9-23-12/h4-5,8H,1-3,6-7,9H2,(H,18,21). The molecule has 0 spiro atoms. The van der Waals surface area contributed by atoms with Gasteiger partial charge in [-0.25, -0.2) is 4.68 Å². The fourth-order valence-electron chi connectivity index (χ4n) is 3.18. The average molecular weight is 334 g/mol. The Kier molecular flexibility index (Phi) is 3.41. The van der Waals surface area contributed by atoms with Gasteiger partial charge in [-0.2, -0.15) is 0 Å². The molecule has 1 aromatic carbocycles. The van der Waals surface area contributed by atoms with Gasteiger partial charge in [0.1, 0.15) is 10.9 Å². The van der Waals surface area contributed by atoms with Gasteiger partial charge in [0.25, 0.3) is 11.5 Å². The first-order valence-electron chi connectivity index (χ1n) is 7.71. The lowest BCUT2D eigenvalue weighted by Crippen LogP contribution is -2.25. The summed E-state index contributed by atoms with van der Waals surface area (Å²) in [6.45, 7) is 1.44. The summed E-state index contributed by atoms with van der Waals surface area (Å²) in [6.07, 6.45) is 3.09. The van der Waals surface area contributed by atoms with Crippen LogP contribution in [-0.2, 0) is 17.9 Å². The Morgan fingerprint density at radius 1 is 1.09 bits per heavy atom. The van der Waals surface area contributed by atoms with E-state index >= 15 is 0 Å². The van der Waals surface area contributed by atoms with Crippen molar-refractivity contribution in [1.29, 1.82) is 0 Å². The SMILES string of the molecule is O=C1COc2ccc(-c3c(Cl)n4n(c3=O)CCCCC4)cc2N1. The molecule has 0 fully saturated rings. The predicted molar refractivity (Wildman–Crippen MR) is 87.1 cm³/mol. The largest absolute Gasteiger partial charge is 0.482 e. The third kappa shape index (κ3) is 2.34. The van der Waals surface area contributed by atoms with E-state index in [9.17, 15) is 9.59 Å². The molecule has 2 aromatic rings. The number of benzene rings is 1. The second-order valence-electron chi connectivity index (χ2n) is 5.83. The van der Waals surface area contributed by atoms with Crippen LogP contribution >= 0.6 is 11.6 Å². The summed E-state index contributed by atoms with van der Waals surface area (Å²) in [5.41, 5.74) is 1.66. The molecule has 2 aliphatic heterocycles. The second-order valence-corrected chi connectivity index (χ2v) is 6.18. The summed E-state index contributed by atoms with van der Waals surface area (Å²) < 4.78 is 8.93. The van der Waals surface area contributed by atoms with Gasteiger partial charge >= 0.3 is 0 Å². The molecule has 2 aliphatic rings. The van der Waals surface area contributed by atoms with Gasteiger partial charge in [-0.3, -0.25) is 14.3 Å². The first-order chi connectivity index (χ1) is 11.1. The summed E-state index contributed by atoms with van der Waals surface area (Å²) >= 11 is 6.49. The number of anilines is 1. The third-order valence-corrected chi connectivity index (χ3v) is 4.70. The molecular weight excluding hydrogens is 318 g/mol. The number of nitrogens with zero attached hydrogens (tertiary/aromatic N) is 2. The quantitative estimate of drug-likeness (QED) is 0.872. The van der Waals surface area contributed by atoms with Gasteiger partial charge in [0.05, 0.1) is 11.3 Å². The van der Waals surface area contributed by atoms with Crippen molar-refractivity contribution >= 4 is 23.2 Å². The van der Waals surface area contributed by atoms with E-state index in [1.165, 1.54) is 0 Å². The lowest BCUT2D eigenvalue weighted by atomic mass is 10.1. The minimum Gasteiger partial charge on any atom is -0.482 e. The smallest absolute Gasteiger partial charge is 0.276 e. The Labute approximate surface area is 137 Å². The van der Waals surface area contributed by atoms with Gasteiger partial charge in [0.15, 0.2) is 6.61 Å². The van der Waals surface area contributed by atoms with E-state index in [4.69, 9.17) is 16.3 Å². The second kappa shape index (κ2) is 5.45. The maximum atomic E-state index is 12.8. The number of amides is 1. The summed E-state index contributed by atoms with van der Waals surface area (Å²) in [7, 11) is 0. The Bertz CT molecular complexity index is 853. The fraction of sp³-hybridized carbons (Fsp3) is 0.375. The van der Waals surface area contributed by atoms with Gasteiger partial charge in [-0.15, -0.1) is 0 Å². The lowest BCUT2D eigenvalue weighted by Gasteiger charge is -2.18. The van der Waals surface area contributed by atoms with Crippen LogP contribution in [0.2, 0.25) is 5.15 Å². The third-order valence-electron chi connectivity index (χ3n) is 4.31. The van der Waals surface area contributed by atoms with E-state index in [0.29, 0.717) is 34.3 Å². The van der Waals surface area contributed by atoms with Crippen molar-refractivity contribution < 1.29 is 9.53 Å². The van der Waals surface area contributed by atoms with E-state index in [1.807, 2.05) is 4.68 Å². The number of aromatic nitrogens is 2. The van der Waals surface area contributed by atoms with Gasteiger partial charge in [-0.05, 0) is 37.0 Å². The molecule has 1 aromatic heterocycles. The number of carbonyl (C=O) groups is 1. The molecule has 1 N–H and O–H groups in total. The van der Waals surface area contributed by atoms with Crippen LogP contribution in [-0.4, -0.2) is 21.9 Å². The first-order valence-corrected chi connectivity index (χ1v) is 8.09. The molecule has 6 nitrogen and oxygen atoms in total. The van der Waals surface area contributed by atoms with Crippen molar-refractivity contribution in [2.24, 2.45) is 0 Å². The summed E-state index contributed by atoms with van der Waals surface area (Å²) in [4.78, 5) is 24.2. The first kappa shape index (κ1) is 14.4. The Morgan fingerprint density at radius 2 is 1.87 bits per heavy atom. The van der Waals surface area contributed by atoms with Crippen LogP contribution in [0.1, 0.15) is 19.3 Å². The van der Waals surface area contributed by atoms with Crippen molar-refractivity contribution in [1.82, 2.24) is 9.36 Å². The summed E-state index contributed by atoms with van der Waals surface area (Å²) in [5.74, 6) is 0.399. The zero-order valence-electron chi connectivity index (χ0n) is 12.5. The van der Waals surface area contributed by atoms with Crippen molar-refractivity contribution in [2.75, 3.05) is 11.9 Å². The zero-order chi connectivity index (χ0) is 16.0. The molecule has 4 rings (SSSR count). The fourth-order valence-corrected chi connectivity index (χ4v) is 3.55. The van der Waals surface area contributed by atoms with E-state index in [0.717, 1.165) is 25.8 Å². The van der Waals surface area contributed by atoms with Crippen LogP contribution in [0.25, 0.3) is 11.1 Å². The van der Waals surface area contributed by atoms with Crippen LogP contribution in [0.4, 0.5) is 5.69 Å². The molecule has 0 aliphatic carbocycles. The van der Waals surface area contributed by atoms with E-state index in [1.54, 1.807) is 22.9 Å². The highest BCUT2D eigenvalue weighted by molar-refractivity contribution is 6.32. The molecule has 7 heteroatoms. The highest BCUT2D eigenvalue weighted by Crippen LogP contribution is 2.34. The molecule has 0 saturated heterocycles. The Hall–Kier alpha value is -2.21. The number of halogens is 1. The minimum atomic E-state index is -0.204. The minimum absolute atomic E-state index is 0.0102. The molecule has 0 radical (unpaired) electrons. The van der Waals surface area contributed by atoms with Crippen molar-refractivity contribution in [3.63, 3.8) is 0 Å². The number of rotatable bonds is 1. The van der Waals surface area contributed by atoms with Gasteiger partial charge in [0.2, 0.25) is 0 Å². The van der Waals surface area contributed by atoms with Crippen molar-refractivity contribution in [3.8, 4) is 16.9 Å². The molecule has 1 amide bonds. The number of hydrogen-bond donors (Lipinski definition) is 1. The average Bonchev–Trinajstić information content (AvgIpc) is 2.73. The molecule has 0 saturated carbocycles. The van der Waals surface area contributed by atoms with Gasteiger partial charge in [-0.1, -0.05) is 17.7 Å². The number of hydrogen-bond acceptors (Lipinski definition) is 3. The van der Waals surface area contributed by atoms with Crippen molar-refractivity contribution in [2.45, 2.75) is 32.4 Å². The van der Waals surface area contributed by atoms with Crippen LogP contribution < -0.4 is 15.6 Å². The number of ether oxygens (including phenoxy) is 1. The number of fused-ring (bicyclic) bond motifs is 2. The molecule has 3 heterocycles. The van der Waals surface area contributed by atoms with Crippen LogP contribution in [0.15, 0.2) is 23.0 Å². The summed E-state index contributed by atoms with van der Waals surface area (Å²) in [5, 5.41) is 3.22. The Balaban J connectivity index is 1.84. The van der Waals surface area contributed by atoms with E-state index in [2.05, 4.69) is 5.32 Å². The maximum Gasteiger partial charge on any atom is 0.276 e. The van der Waals surface area contributed by atoms with Crippen molar-refractivity contribution in [3.05, 3.63) is 33.7 Å². The lowest BCUT2D eigenvalue weighted by molar-refractivity contribution is -0.118. The van der Waals surface area contributed by atoms with Gasteiger partial charge < -0.3 is 10.1 Å². The molecule has 120 valence electrons. The number of nitrogens with one attached hydrogen (secondary N) is 1. The summed E-state index contributed by atoms with van der Waals surface area (Å²) in [6, 6.07) is 5.31. The monoisotopic (exact) mass is 333 g/mol. The van der Waals surface area contributed by atoms with E-state index < -0.39 is 0 Å². The van der Waals surface area contributed by atoms with E-state index in [-0.39, 0.29) is 18.1 Å². The normalized spacial score (nSPS) is 16.8. The van der Waals surface area contributed by atoms with Crippen LogP contribution in [0.5, 0.6) is 5.75 Å². The molecule has 0 bridgehead atoms. The topological polar surface area (TPSA) is 65.3 Å². The number of carbonyl (C=O) groups excluding carboxylic acids is 1. The van der Waals surface area contributed by atoms with Crippen LogP contribution in [0, 0.1) is 0 Å². The maximum absolute atomic E-state index is 12.8. The Morgan fingerprint density at radius 3 is 2.70 bits per heavy atom.